The van der Waals surface area contributed by atoms with Gasteiger partial charge in [0.05, 0.1) is 17.3 Å². The zero-order valence-corrected chi connectivity index (χ0v) is 10.6. The lowest BCUT2D eigenvalue weighted by atomic mass is 10.2. The molecule has 0 N–H and O–H groups in total. The van der Waals surface area contributed by atoms with Gasteiger partial charge in [-0.15, -0.1) is 0 Å². The smallest absolute Gasteiger partial charge is 0.148 e. The van der Waals surface area contributed by atoms with Crippen LogP contribution < -0.4 is 4.74 Å². The fourth-order valence-electron chi connectivity index (χ4n) is 1.77. The molecular formula is C15H11N3O. The summed E-state index contributed by atoms with van der Waals surface area (Å²) in [4.78, 5) is 4.23. The van der Waals surface area contributed by atoms with Crippen molar-refractivity contribution in [3.63, 3.8) is 0 Å². The first-order valence-corrected chi connectivity index (χ1v) is 5.70. The summed E-state index contributed by atoms with van der Waals surface area (Å²) in [5.74, 6) is 0.989. The van der Waals surface area contributed by atoms with Crippen molar-refractivity contribution in [2.45, 2.75) is 13.8 Å². The number of hydrogen-bond donors (Lipinski definition) is 0. The molecule has 0 aliphatic carbocycles. The molecule has 1 aromatic carbocycles. The number of aryl methyl sites for hydroxylation is 2. The van der Waals surface area contributed by atoms with Crippen molar-refractivity contribution >= 4 is 0 Å². The van der Waals surface area contributed by atoms with E-state index in [1.807, 2.05) is 13.0 Å². The third-order valence-electron chi connectivity index (χ3n) is 2.59. The quantitative estimate of drug-likeness (QED) is 0.819. The van der Waals surface area contributed by atoms with E-state index < -0.39 is 0 Å². The van der Waals surface area contributed by atoms with Gasteiger partial charge in [0.15, 0.2) is 0 Å². The van der Waals surface area contributed by atoms with Crippen LogP contribution in [0.15, 0.2) is 30.3 Å². The van der Waals surface area contributed by atoms with Crippen molar-refractivity contribution < 1.29 is 4.74 Å². The maximum Gasteiger partial charge on any atom is 0.148 e. The molecule has 2 rings (SSSR count). The zero-order valence-electron chi connectivity index (χ0n) is 10.6. The Labute approximate surface area is 111 Å². The summed E-state index contributed by atoms with van der Waals surface area (Å²) in [6, 6.07) is 12.7. The zero-order chi connectivity index (χ0) is 13.8. The van der Waals surface area contributed by atoms with Crippen molar-refractivity contribution in [1.29, 1.82) is 10.5 Å². The van der Waals surface area contributed by atoms with Gasteiger partial charge >= 0.3 is 0 Å². The number of nitrogens with zero attached hydrogens (tertiary/aromatic N) is 3. The normalized spacial score (nSPS) is 9.47. The molecule has 92 valence electrons. The van der Waals surface area contributed by atoms with E-state index >= 15 is 0 Å². The van der Waals surface area contributed by atoms with Crippen LogP contribution in [0.2, 0.25) is 0 Å². The van der Waals surface area contributed by atoms with Gasteiger partial charge in [0, 0.05) is 11.8 Å². The topological polar surface area (TPSA) is 69.7 Å². The number of nitriles is 2. The van der Waals surface area contributed by atoms with E-state index in [1.165, 1.54) is 0 Å². The summed E-state index contributed by atoms with van der Waals surface area (Å²) in [7, 11) is 0. The molecule has 0 atom stereocenters. The van der Waals surface area contributed by atoms with Crippen molar-refractivity contribution in [3.8, 4) is 23.6 Å². The number of pyridine rings is 1. The molecule has 0 unspecified atom stereocenters. The second-order valence-corrected chi connectivity index (χ2v) is 4.08. The van der Waals surface area contributed by atoms with Crippen molar-refractivity contribution in [2.24, 2.45) is 0 Å². The molecule has 2 aromatic rings. The van der Waals surface area contributed by atoms with E-state index in [-0.39, 0.29) is 0 Å². The summed E-state index contributed by atoms with van der Waals surface area (Å²) in [5.41, 5.74) is 2.34. The minimum absolute atomic E-state index is 0.410. The predicted molar refractivity (Wildman–Crippen MR) is 69.7 cm³/mol. The van der Waals surface area contributed by atoms with Crippen molar-refractivity contribution in [1.82, 2.24) is 4.98 Å². The van der Waals surface area contributed by atoms with Gasteiger partial charge in [-0.1, -0.05) is 6.07 Å². The molecule has 0 radical (unpaired) electrons. The molecule has 0 aliphatic heterocycles. The van der Waals surface area contributed by atoms with Gasteiger partial charge in [0.25, 0.3) is 0 Å². The van der Waals surface area contributed by atoms with Gasteiger partial charge in [0.2, 0.25) is 0 Å². The Balaban J connectivity index is 2.44. The van der Waals surface area contributed by atoms with Gasteiger partial charge in [-0.05, 0) is 32.0 Å². The van der Waals surface area contributed by atoms with Gasteiger partial charge in [0.1, 0.15) is 23.1 Å². The lowest BCUT2D eigenvalue weighted by Crippen LogP contribution is -1.96. The van der Waals surface area contributed by atoms with Gasteiger partial charge in [-0.3, -0.25) is 4.98 Å². The van der Waals surface area contributed by atoms with E-state index in [0.717, 1.165) is 5.69 Å². The Bertz CT molecular complexity index is 708. The summed E-state index contributed by atoms with van der Waals surface area (Å²) in [5, 5.41) is 18.0. The SMILES string of the molecule is Cc1cc(Oc2cccc(C#N)c2)c(C#N)c(C)n1. The van der Waals surface area contributed by atoms with Crippen LogP contribution in [0.1, 0.15) is 22.5 Å². The molecule has 4 nitrogen and oxygen atoms in total. The number of hydrogen-bond acceptors (Lipinski definition) is 4. The molecule has 1 heterocycles. The standard InChI is InChI=1S/C15H11N3O/c1-10-6-15(14(9-17)11(2)18-10)19-13-5-3-4-12(7-13)8-16/h3-7H,1-2H3. The molecule has 0 amide bonds. The summed E-state index contributed by atoms with van der Waals surface area (Å²) < 4.78 is 5.69. The lowest BCUT2D eigenvalue weighted by Gasteiger charge is -2.10. The molecule has 4 heteroatoms. The second-order valence-electron chi connectivity index (χ2n) is 4.08. The van der Waals surface area contributed by atoms with E-state index in [2.05, 4.69) is 11.1 Å². The van der Waals surface area contributed by atoms with Crippen LogP contribution >= 0.6 is 0 Å². The predicted octanol–water partition coefficient (Wildman–Crippen LogP) is 3.23. The fraction of sp³-hybridized carbons (Fsp3) is 0.133. The maximum atomic E-state index is 9.15. The summed E-state index contributed by atoms with van der Waals surface area (Å²) in [6.45, 7) is 3.61. The summed E-state index contributed by atoms with van der Waals surface area (Å²) >= 11 is 0. The van der Waals surface area contributed by atoms with Crippen LogP contribution in [-0.4, -0.2) is 4.98 Å². The number of aromatic nitrogens is 1. The fourth-order valence-corrected chi connectivity index (χ4v) is 1.77. The number of rotatable bonds is 2. The Kier molecular flexibility index (Phi) is 3.45. The van der Waals surface area contributed by atoms with Crippen molar-refractivity contribution in [3.05, 3.63) is 52.8 Å². The second kappa shape index (κ2) is 5.20. The minimum Gasteiger partial charge on any atom is -0.456 e. The average molecular weight is 249 g/mol. The highest BCUT2D eigenvalue weighted by Gasteiger charge is 2.10. The first-order valence-electron chi connectivity index (χ1n) is 5.70. The molecule has 0 fully saturated rings. The van der Waals surface area contributed by atoms with Crippen LogP contribution in [0.3, 0.4) is 0 Å². The largest absolute Gasteiger partial charge is 0.456 e. The molecule has 0 aliphatic rings. The lowest BCUT2D eigenvalue weighted by molar-refractivity contribution is 0.479. The van der Waals surface area contributed by atoms with Crippen molar-refractivity contribution in [2.75, 3.05) is 0 Å². The Hall–Kier alpha value is -2.85. The van der Waals surface area contributed by atoms with Crippen LogP contribution in [0.4, 0.5) is 0 Å². The Morgan fingerprint density at radius 1 is 1.11 bits per heavy atom. The maximum absolute atomic E-state index is 9.15. The third kappa shape index (κ3) is 2.70. The first-order chi connectivity index (χ1) is 9.13. The van der Waals surface area contributed by atoms with E-state index in [9.17, 15) is 0 Å². The summed E-state index contributed by atoms with van der Waals surface area (Å²) in [6.07, 6.45) is 0. The monoisotopic (exact) mass is 249 g/mol. The number of benzene rings is 1. The molecule has 0 saturated carbocycles. The first kappa shape index (κ1) is 12.6. The average Bonchev–Trinajstić information content (AvgIpc) is 2.38. The van der Waals surface area contributed by atoms with Gasteiger partial charge < -0.3 is 4.74 Å². The van der Waals surface area contributed by atoms with Crippen LogP contribution in [-0.2, 0) is 0 Å². The van der Waals surface area contributed by atoms with E-state index in [1.54, 1.807) is 37.3 Å². The highest BCUT2D eigenvalue weighted by atomic mass is 16.5. The van der Waals surface area contributed by atoms with Crippen LogP contribution in [0, 0.1) is 36.5 Å². The molecule has 1 aromatic heterocycles. The highest BCUT2D eigenvalue weighted by Crippen LogP contribution is 2.27. The van der Waals surface area contributed by atoms with Gasteiger partial charge in [-0.2, -0.15) is 10.5 Å². The molecule has 0 bridgehead atoms. The molecule has 19 heavy (non-hydrogen) atoms. The van der Waals surface area contributed by atoms with Gasteiger partial charge in [-0.25, -0.2) is 0 Å². The molecular weight excluding hydrogens is 238 g/mol. The van der Waals surface area contributed by atoms with E-state index in [0.29, 0.717) is 28.3 Å². The van der Waals surface area contributed by atoms with Crippen LogP contribution in [0.25, 0.3) is 0 Å². The van der Waals surface area contributed by atoms with Crippen LogP contribution in [0.5, 0.6) is 11.5 Å². The Morgan fingerprint density at radius 3 is 2.58 bits per heavy atom. The Morgan fingerprint density at radius 2 is 1.89 bits per heavy atom. The molecule has 0 saturated heterocycles. The molecule has 0 spiro atoms. The highest BCUT2D eigenvalue weighted by molar-refractivity contribution is 5.49. The van der Waals surface area contributed by atoms with E-state index in [4.69, 9.17) is 15.3 Å². The number of ether oxygens (including phenoxy) is 1. The third-order valence-corrected chi connectivity index (χ3v) is 2.59. The minimum atomic E-state index is 0.410.